The molecule has 12 aromatic heterocycles. The zero-order valence-electron chi connectivity index (χ0n) is 63.1. The minimum absolute atomic E-state index is 0.0707. The van der Waals surface area contributed by atoms with Gasteiger partial charge in [-0.05, 0) is 145 Å². The summed E-state index contributed by atoms with van der Waals surface area (Å²) in [5.41, 5.74) is 13.1. The Bertz CT molecular complexity index is 4660. The molecule has 0 saturated heterocycles. The van der Waals surface area contributed by atoms with E-state index < -0.39 is 0 Å². The molecule has 558 valence electrons. The number of ketones is 3. The molecule has 108 heavy (non-hydrogen) atoms. The number of hydrogen-bond acceptors (Lipinski definition) is 27. The monoisotopic (exact) mass is 1460 g/mol. The third-order valence-electron chi connectivity index (χ3n) is 19.0. The molecule has 0 aromatic carbocycles. The fourth-order valence-electron chi connectivity index (χ4n) is 13.3. The largest absolute Gasteiger partial charge is 0.338 e. The van der Waals surface area contributed by atoms with Crippen LogP contribution in [0.3, 0.4) is 0 Å². The molecule has 0 saturated carbocycles. The van der Waals surface area contributed by atoms with Crippen LogP contribution in [-0.4, -0.2) is 122 Å². The van der Waals surface area contributed by atoms with E-state index in [-0.39, 0.29) is 68.8 Å². The lowest BCUT2D eigenvalue weighted by atomic mass is 9.89. The summed E-state index contributed by atoms with van der Waals surface area (Å²) in [6, 6.07) is 11.8. The number of nitrogens with one attached hydrogen (secondary N) is 3. The second-order valence-corrected chi connectivity index (χ2v) is 30.9. The molecule has 3 atom stereocenters. The van der Waals surface area contributed by atoms with Crippen molar-refractivity contribution in [2.75, 3.05) is 16.0 Å². The third kappa shape index (κ3) is 18.5. The van der Waals surface area contributed by atoms with Crippen molar-refractivity contribution in [3.8, 4) is 34.2 Å². The summed E-state index contributed by atoms with van der Waals surface area (Å²) in [4.78, 5) is 93.2. The Labute approximate surface area is 625 Å². The maximum Gasteiger partial charge on any atom is 0.238 e. The van der Waals surface area contributed by atoms with E-state index in [1.807, 2.05) is 139 Å². The first kappa shape index (κ1) is 74.4. The number of nitrogens with zero attached hydrogens (tertiary/aromatic N) is 21. The predicted octanol–water partition coefficient (Wildman–Crippen LogP) is 14.3. The van der Waals surface area contributed by atoms with Crippen molar-refractivity contribution in [3.63, 3.8) is 0 Å². The van der Waals surface area contributed by atoms with Crippen molar-refractivity contribution in [3.05, 3.63) is 179 Å². The van der Waals surface area contributed by atoms with Crippen LogP contribution in [0.15, 0.2) is 124 Å². The fraction of sp³-hybridized carbons (Fsp3) is 0.423. The molecule has 30 nitrogen and oxygen atoms in total. The molecule has 0 radical (unpaired) electrons. The first-order chi connectivity index (χ1) is 51.8. The van der Waals surface area contributed by atoms with Crippen LogP contribution >= 0.6 is 0 Å². The number of aryl methyl sites for hydroxylation is 6. The second-order valence-electron chi connectivity index (χ2n) is 30.9. The van der Waals surface area contributed by atoms with Crippen LogP contribution in [0, 0.1) is 0 Å². The highest BCUT2D eigenvalue weighted by atomic mass is 16.5. The van der Waals surface area contributed by atoms with E-state index >= 15 is 0 Å². The highest BCUT2D eigenvalue weighted by Crippen LogP contribution is 2.39. The molecule has 15 rings (SSSR count). The highest BCUT2D eigenvalue weighted by Gasteiger charge is 2.32. The quantitative estimate of drug-likeness (QED) is 0.0530. The molecule has 12 heterocycles. The number of anilines is 6. The zero-order valence-corrected chi connectivity index (χ0v) is 63.1. The number of pyridine rings is 3. The molecule has 3 N–H and O–H groups in total. The van der Waals surface area contributed by atoms with Crippen LogP contribution in [0.25, 0.3) is 34.2 Å². The van der Waals surface area contributed by atoms with Crippen LogP contribution in [0.5, 0.6) is 0 Å². The lowest BCUT2D eigenvalue weighted by Gasteiger charge is -2.17. The van der Waals surface area contributed by atoms with E-state index in [1.165, 1.54) is 16.7 Å². The van der Waals surface area contributed by atoms with Crippen molar-refractivity contribution in [2.45, 2.75) is 193 Å². The Kier molecular flexibility index (Phi) is 22.1. The van der Waals surface area contributed by atoms with E-state index in [1.54, 1.807) is 51.2 Å². The molecule has 0 aliphatic heterocycles. The SMILES string of the molecule is Cn1cc(Nc2nccc(-c3cc4c(cn3)C(CC(=O)c3noc(C(C)(C)C)n3)CCCC4)n2)cn1.Cn1cc(Nc2nccc(-c3cc4c(cn3)[C@H](CC(=O)c3noc(C(C)(C)C)n3)CCCC4)n2)cn1.Cn1cc(Nc2nccc(-c3cc4c(cn3)[C@H](CC(=O)c3noc(C(C)(C)C)n3)CCCC4)n2)cn1. The average molecular weight is 1460 g/mol. The van der Waals surface area contributed by atoms with Gasteiger partial charge in [-0.3, -0.25) is 43.4 Å². The molecule has 0 fully saturated rings. The number of aromatic nitrogens is 21. The van der Waals surface area contributed by atoms with Gasteiger partial charge < -0.3 is 29.5 Å². The topological polar surface area (TPSA) is 374 Å². The van der Waals surface area contributed by atoms with Gasteiger partial charge in [-0.15, -0.1) is 0 Å². The van der Waals surface area contributed by atoms with Crippen molar-refractivity contribution in [1.82, 2.24) is 105 Å². The third-order valence-corrected chi connectivity index (χ3v) is 19.0. The van der Waals surface area contributed by atoms with Gasteiger partial charge >= 0.3 is 0 Å². The highest BCUT2D eigenvalue weighted by molar-refractivity contribution is 5.94. The van der Waals surface area contributed by atoms with Gasteiger partial charge in [0, 0.05) is 112 Å². The molecular weight excluding hydrogens is 1370 g/mol. The van der Waals surface area contributed by atoms with Gasteiger partial charge in [0.1, 0.15) is 0 Å². The van der Waals surface area contributed by atoms with Crippen molar-refractivity contribution in [1.29, 1.82) is 0 Å². The van der Waals surface area contributed by atoms with Crippen LogP contribution in [-0.2, 0) is 56.7 Å². The number of carbonyl (C=O) groups is 3. The minimum atomic E-state index is -0.296. The first-order valence-corrected chi connectivity index (χ1v) is 36.6. The molecular formula is C78H90N24O6. The van der Waals surface area contributed by atoms with Crippen LogP contribution in [0.2, 0.25) is 0 Å². The minimum Gasteiger partial charge on any atom is -0.338 e. The number of fused-ring (bicyclic) bond motifs is 3. The summed E-state index contributed by atoms with van der Waals surface area (Å²) in [6.45, 7) is 17.8. The number of hydrogen-bond donors (Lipinski definition) is 3. The van der Waals surface area contributed by atoms with E-state index in [0.29, 0.717) is 54.8 Å². The number of Topliss-reactive ketones (excluding diaryl/α,β-unsaturated/α-hetero) is 3. The molecule has 3 aliphatic carbocycles. The summed E-state index contributed by atoms with van der Waals surface area (Å²) >= 11 is 0. The van der Waals surface area contributed by atoms with Crippen LogP contribution in [0.4, 0.5) is 34.9 Å². The van der Waals surface area contributed by atoms with Gasteiger partial charge in [0.25, 0.3) is 0 Å². The van der Waals surface area contributed by atoms with E-state index in [0.717, 1.165) is 145 Å². The van der Waals surface area contributed by atoms with Crippen LogP contribution in [0.1, 0.15) is 240 Å². The van der Waals surface area contributed by atoms with E-state index in [4.69, 9.17) is 28.5 Å². The number of carbonyl (C=O) groups excluding carboxylic acids is 3. The van der Waals surface area contributed by atoms with Gasteiger partial charge in [0.2, 0.25) is 70.3 Å². The molecule has 0 bridgehead atoms. The standard InChI is InChI=1S/3C26H30N8O2/c3*1-26(2,3)24-32-23(33-36-24)22(35)12-17-8-6-5-7-16-11-21(28-14-19(16)17)20-9-10-27-25(31-20)30-18-13-29-34(4)15-18/h3*9-11,13-15,17H,5-8,12H2,1-4H3,(H,27,30,31)/t2*17-;/m00./s1. The van der Waals surface area contributed by atoms with Crippen molar-refractivity contribution < 1.29 is 28.0 Å². The summed E-state index contributed by atoms with van der Waals surface area (Å²) < 4.78 is 21.1. The predicted molar refractivity (Wildman–Crippen MR) is 402 cm³/mol. The lowest BCUT2D eigenvalue weighted by Crippen LogP contribution is -2.13. The Morgan fingerprint density at radius 1 is 0.389 bits per heavy atom. The Hall–Kier alpha value is -11.9. The maximum atomic E-state index is 13.0. The second kappa shape index (κ2) is 32.1. The average Bonchev–Trinajstić information content (AvgIpc) is 1.33. The molecule has 1 unspecified atom stereocenters. The summed E-state index contributed by atoms with van der Waals surface area (Å²) in [5, 5.41) is 33.8. The zero-order chi connectivity index (χ0) is 75.9. The van der Waals surface area contributed by atoms with Gasteiger partial charge in [0.05, 0.1) is 69.8 Å². The summed E-state index contributed by atoms with van der Waals surface area (Å²) in [6.07, 6.45) is 34.5. The van der Waals surface area contributed by atoms with Gasteiger partial charge in [-0.1, -0.05) is 97.0 Å². The Balaban J connectivity index is 0.000000143. The molecule has 0 amide bonds. The summed E-state index contributed by atoms with van der Waals surface area (Å²) in [7, 11) is 5.57. The molecule has 30 heteroatoms. The van der Waals surface area contributed by atoms with Gasteiger partial charge in [-0.25, -0.2) is 29.9 Å². The van der Waals surface area contributed by atoms with Crippen LogP contribution < -0.4 is 16.0 Å². The maximum absolute atomic E-state index is 13.0. The molecule has 0 spiro atoms. The van der Waals surface area contributed by atoms with E-state index in [2.05, 4.69) is 110 Å². The lowest BCUT2D eigenvalue weighted by molar-refractivity contribution is 0.0951. The van der Waals surface area contributed by atoms with Crippen molar-refractivity contribution in [2.24, 2.45) is 21.1 Å². The summed E-state index contributed by atoms with van der Waals surface area (Å²) in [5.74, 6) is 3.25. The smallest absolute Gasteiger partial charge is 0.238 e. The first-order valence-electron chi connectivity index (χ1n) is 36.6. The van der Waals surface area contributed by atoms with Gasteiger partial charge in [0.15, 0.2) is 0 Å². The van der Waals surface area contributed by atoms with E-state index in [9.17, 15) is 14.4 Å². The Morgan fingerprint density at radius 3 is 0.926 bits per heavy atom. The normalized spacial score (nSPS) is 15.8. The van der Waals surface area contributed by atoms with Crippen molar-refractivity contribution >= 4 is 52.3 Å². The van der Waals surface area contributed by atoms with Gasteiger partial charge in [-0.2, -0.15) is 30.2 Å². The molecule has 12 aromatic rings. The number of rotatable bonds is 18. The Morgan fingerprint density at radius 2 is 0.676 bits per heavy atom. The fourth-order valence-corrected chi connectivity index (χ4v) is 13.3. The molecule has 3 aliphatic rings.